The molecule has 3 heteroatoms. The molecule has 106 valence electrons. The van der Waals surface area contributed by atoms with E-state index in [4.69, 9.17) is 0 Å². The molecule has 0 aliphatic rings. The van der Waals surface area contributed by atoms with Crippen molar-refractivity contribution in [2.45, 2.75) is 46.0 Å². The van der Waals surface area contributed by atoms with E-state index >= 15 is 0 Å². The van der Waals surface area contributed by atoms with Crippen molar-refractivity contribution in [3.05, 3.63) is 58.9 Å². The van der Waals surface area contributed by atoms with E-state index in [0.29, 0.717) is 12.1 Å². The van der Waals surface area contributed by atoms with Gasteiger partial charge in [0.2, 0.25) is 0 Å². The SMILES string of the molecule is Cc1cnccc1C(C)Cc1nccc(C(C)C)c1F. The molecule has 0 aliphatic heterocycles. The first-order chi connectivity index (χ1) is 9.50. The molecular formula is C17H21FN2. The Morgan fingerprint density at radius 2 is 1.80 bits per heavy atom. The van der Waals surface area contributed by atoms with Gasteiger partial charge in [-0.3, -0.25) is 9.97 Å². The third kappa shape index (κ3) is 3.03. The van der Waals surface area contributed by atoms with Crippen LogP contribution in [-0.4, -0.2) is 9.97 Å². The zero-order valence-corrected chi connectivity index (χ0v) is 12.5. The van der Waals surface area contributed by atoms with Gasteiger partial charge in [-0.25, -0.2) is 4.39 Å². The molecule has 2 nitrogen and oxygen atoms in total. The van der Waals surface area contributed by atoms with Crippen LogP contribution >= 0.6 is 0 Å². The number of hydrogen-bond acceptors (Lipinski definition) is 2. The van der Waals surface area contributed by atoms with Gasteiger partial charge in [0.25, 0.3) is 0 Å². The summed E-state index contributed by atoms with van der Waals surface area (Å²) in [6.07, 6.45) is 5.95. The standard InChI is InChI=1S/C17H21FN2/c1-11(2)14-6-8-20-16(17(14)18)9-12(3)15-5-7-19-10-13(15)4/h5-8,10-12H,9H2,1-4H3. The number of rotatable bonds is 4. The molecule has 2 aromatic rings. The van der Waals surface area contributed by atoms with Gasteiger partial charge < -0.3 is 0 Å². The second-order valence-corrected chi connectivity index (χ2v) is 5.65. The van der Waals surface area contributed by atoms with Crippen molar-refractivity contribution in [3.8, 4) is 0 Å². The van der Waals surface area contributed by atoms with Gasteiger partial charge in [-0.2, -0.15) is 0 Å². The van der Waals surface area contributed by atoms with Crippen LogP contribution in [0.4, 0.5) is 4.39 Å². The van der Waals surface area contributed by atoms with Crippen molar-refractivity contribution in [2.75, 3.05) is 0 Å². The van der Waals surface area contributed by atoms with E-state index in [0.717, 1.165) is 11.1 Å². The first kappa shape index (κ1) is 14.6. The van der Waals surface area contributed by atoms with E-state index in [1.54, 1.807) is 18.5 Å². The van der Waals surface area contributed by atoms with E-state index in [-0.39, 0.29) is 17.7 Å². The maximum absolute atomic E-state index is 14.4. The lowest BCUT2D eigenvalue weighted by Gasteiger charge is -2.16. The van der Waals surface area contributed by atoms with Gasteiger partial charge in [-0.1, -0.05) is 20.8 Å². The number of aromatic nitrogens is 2. The highest BCUT2D eigenvalue weighted by Crippen LogP contribution is 2.26. The molecule has 0 aromatic carbocycles. The predicted molar refractivity (Wildman–Crippen MR) is 79.4 cm³/mol. The molecule has 0 bridgehead atoms. The summed E-state index contributed by atoms with van der Waals surface area (Å²) >= 11 is 0. The second-order valence-electron chi connectivity index (χ2n) is 5.65. The van der Waals surface area contributed by atoms with Crippen LogP contribution in [0.2, 0.25) is 0 Å². The number of halogens is 1. The van der Waals surface area contributed by atoms with Crippen molar-refractivity contribution < 1.29 is 4.39 Å². The fourth-order valence-electron chi connectivity index (χ4n) is 2.53. The Hall–Kier alpha value is -1.77. The summed E-state index contributed by atoms with van der Waals surface area (Å²) in [6.45, 7) is 8.13. The summed E-state index contributed by atoms with van der Waals surface area (Å²) in [6, 6.07) is 3.77. The number of pyridine rings is 2. The summed E-state index contributed by atoms with van der Waals surface area (Å²) in [5.74, 6) is 0.248. The van der Waals surface area contributed by atoms with Crippen molar-refractivity contribution in [3.63, 3.8) is 0 Å². The van der Waals surface area contributed by atoms with Gasteiger partial charge >= 0.3 is 0 Å². The highest BCUT2D eigenvalue weighted by atomic mass is 19.1. The summed E-state index contributed by atoms with van der Waals surface area (Å²) in [5.41, 5.74) is 3.64. The predicted octanol–water partition coefficient (Wildman–Crippen LogP) is 4.39. The van der Waals surface area contributed by atoms with Crippen LogP contribution in [0, 0.1) is 12.7 Å². The Morgan fingerprint density at radius 1 is 1.10 bits per heavy atom. The molecule has 2 rings (SSSR count). The largest absolute Gasteiger partial charge is 0.264 e. The quantitative estimate of drug-likeness (QED) is 0.824. The average Bonchev–Trinajstić information content (AvgIpc) is 2.41. The third-order valence-electron chi connectivity index (χ3n) is 3.71. The maximum atomic E-state index is 14.4. The molecule has 0 amide bonds. The monoisotopic (exact) mass is 272 g/mol. The van der Waals surface area contributed by atoms with Crippen LogP contribution in [0.1, 0.15) is 55.0 Å². The van der Waals surface area contributed by atoms with E-state index in [9.17, 15) is 4.39 Å². The fraction of sp³-hybridized carbons (Fsp3) is 0.412. The smallest absolute Gasteiger partial charge is 0.148 e. The van der Waals surface area contributed by atoms with Crippen molar-refractivity contribution >= 4 is 0 Å². The number of hydrogen-bond donors (Lipinski definition) is 0. The van der Waals surface area contributed by atoms with Gasteiger partial charge in [-0.15, -0.1) is 0 Å². The van der Waals surface area contributed by atoms with Crippen molar-refractivity contribution in [1.29, 1.82) is 0 Å². The Kier molecular flexibility index (Phi) is 4.48. The van der Waals surface area contributed by atoms with Crippen molar-refractivity contribution in [2.24, 2.45) is 0 Å². The van der Waals surface area contributed by atoms with Crippen LogP contribution in [0.5, 0.6) is 0 Å². The first-order valence-electron chi connectivity index (χ1n) is 7.04. The van der Waals surface area contributed by atoms with Gasteiger partial charge in [0.05, 0.1) is 5.69 Å². The third-order valence-corrected chi connectivity index (χ3v) is 3.71. The molecule has 2 aromatic heterocycles. The van der Waals surface area contributed by atoms with Gasteiger partial charge in [-0.05, 0) is 54.0 Å². The molecule has 20 heavy (non-hydrogen) atoms. The molecule has 0 saturated heterocycles. The molecular weight excluding hydrogens is 251 g/mol. The molecule has 2 heterocycles. The summed E-state index contributed by atoms with van der Waals surface area (Å²) < 4.78 is 14.4. The molecule has 0 spiro atoms. The molecule has 0 saturated carbocycles. The lowest BCUT2D eigenvalue weighted by molar-refractivity contribution is 0.560. The molecule has 1 atom stereocenters. The highest BCUT2D eigenvalue weighted by molar-refractivity contribution is 5.28. The Morgan fingerprint density at radius 3 is 2.45 bits per heavy atom. The Bertz CT molecular complexity index is 593. The minimum Gasteiger partial charge on any atom is -0.264 e. The molecule has 0 aliphatic carbocycles. The van der Waals surface area contributed by atoms with Crippen LogP contribution in [0.15, 0.2) is 30.7 Å². The molecule has 0 radical (unpaired) electrons. The highest BCUT2D eigenvalue weighted by Gasteiger charge is 2.16. The summed E-state index contributed by atoms with van der Waals surface area (Å²) in [4.78, 5) is 8.33. The van der Waals surface area contributed by atoms with Gasteiger partial charge in [0.1, 0.15) is 5.82 Å². The lowest BCUT2D eigenvalue weighted by Crippen LogP contribution is -2.07. The van der Waals surface area contributed by atoms with Crippen LogP contribution in [-0.2, 0) is 6.42 Å². The van der Waals surface area contributed by atoms with Gasteiger partial charge in [0.15, 0.2) is 0 Å². The lowest BCUT2D eigenvalue weighted by atomic mass is 9.92. The average molecular weight is 272 g/mol. The molecule has 0 N–H and O–H groups in total. The first-order valence-corrected chi connectivity index (χ1v) is 7.04. The zero-order valence-electron chi connectivity index (χ0n) is 12.5. The molecule has 1 unspecified atom stereocenters. The minimum absolute atomic E-state index is 0.152. The summed E-state index contributed by atoms with van der Waals surface area (Å²) in [7, 11) is 0. The van der Waals surface area contributed by atoms with E-state index in [2.05, 4.69) is 16.9 Å². The van der Waals surface area contributed by atoms with E-state index < -0.39 is 0 Å². The van der Waals surface area contributed by atoms with Crippen LogP contribution in [0.3, 0.4) is 0 Å². The maximum Gasteiger partial charge on any atom is 0.148 e. The Labute approximate surface area is 120 Å². The second kappa shape index (κ2) is 6.12. The van der Waals surface area contributed by atoms with Gasteiger partial charge in [0, 0.05) is 18.6 Å². The zero-order chi connectivity index (χ0) is 14.7. The number of aryl methyl sites for hydroxylation is 1. The topological polar surface area (TPSA) is 25.8 Å². The normalized spacial score (nSPS) is 12.7. The van der Waals surface area contributed by atoms with Crippen LogP contribution < -0.4 is 0 Å². The van der Waals surface area contributed by atoms with Crippen molar-refractivity contribution in [1.82, 2.24) is 9.97 Å². The minimum atomic E-state index is -0.152. The van der Waals surface area contributed by atoms with E-state index in [1.165, 1.54) is 5.56 Å². The summed E-state index contributed by atoms with van der Waals surface area (Å²) in [5, 5.41) is 0. The van der Waals surface area contributed by atoms with Crippen LogP contribution in [0.25, 0.3) is 0 Å². The Balaban J connectivity index is 2.27. The number of nitrogens with zero attached hydrogens (tertiary/aromatic N) is 2. The fourth-order valence-corrected chi connectivity index (χ4v) is 2.53. The molecule has 0 fully saturated rings. The van der Waals surface area contributed by atoms with E-state index in [1.807, 2.05) is 33.0 Å².